The van der Waals surface area contributed by atoms with Gasteiger partial charge >= 0.3 is 17.1 Å². The van der Waals surface area contributed by atoms with Crippen LogP contribution in [0.3, 0.4) is 0 Å². The summed E-state index contributed by atoms with van der Waals surface area (Å²) < 4.78 is 22.7. The molecular weight excluding hydrogens is 429 g/mol. The molecule has 0 aromatic rings. The first-order chi connectivity index (χ1) is 13.2. The van der Waals surface area contributed by atoms with Crippen molar-refractivity contribution >= 4 is 39.9 Å². The maximum absolute atomic E-state index is 7.69. The third kappa shape index (κ3) is 4.05. The molecule has 0 saturated carbocycles. The van der Waals surface area contributed by atoms with Gasteiger partial charge in [-0.3, -0.25) is 0 Å². The minimum atomic E-state index is -2.22. The molecule has 0 aromatic carbocycles. The van der Waals surface area contributed by atoms with Gasteiger partial charge in [-0.05, 0) is 48.4 Å². The van der Waals surface area contributed by atoms with Crippen LogP contribution in [0.2, 0.25) is 60.4 Å². The molecule has 0 radical (unpaired) electrons. The second-order valence-electron chi connectivity index (χ2n) is 8.73. The van der Waals surface area contributed by atoms with Crippen LogP contribution in [0, 0.1) is 0 Å². The van der Waals surface area contributed by atoms with Crippen molar-refractivity contribution in [3.05, 3.63) is 0 Å². The van der Waals surface area contributed by atoms with Gasteiger partial charge in [-0.15, -0.1) is 0 Å². The average Bonchev–Trinajstić information content (AvgIpc) is 2.75. The van der Waals surface area contributed by atoms with Crippen molar-refractivity contribution in [1.82, 2.24) is 0 Å². The van der Waals surface area contributed by atoms with Gasteiger partial charge in [0.25, 0.3) is 0 Å². The van der Waals surface area contributed by atoms with Crippen LogP contribution in [0.25, 0.3) is 0 Å². The second-order valence-corrected chi connectivity index (χ2v) is 40.7. The molecule has 0 aromatic heterocycles. The molecular formula is C20H50O3Si5. The monoisotopic (exact) mass is 478 g/mol. The van der Waals surface area contributed by atoms with Crippen molar-refractivity contribution in [2.45, 2.75) is 130 Å². The molecule has 1 heterocycles. The summed E-state index contributed by atoms with van der Waals surface area (Å²) in [7, 11) is -9.94. The van der Waals surface area contributed by atoms with E-state index >= 15 is 0 Å². The molecule has 0 atom stereocenters. The highest BCUT2D eigenvalue weighted by Crippen LogP contribution is 2.50. The lowest BCUT2D eigenvalue weighted by Crippen LogP contribution is -2.84. The molecule has 3 nitrogen and oxygen atoms in total. The summed E-state index contributed by atoms with van der Waals surface area (Å²) in [6.45, 7) is 24.1. The van der Waals surface area contributed by atoms with E-state index in [4.69, 9.17) is 12.3 Å². The van der Waals surface area contributed by atoms with Crippen LogP contribution in [-0.2, 0) is 12.3 Å². The Bertz CT molecular complexity index is 430. The van der Waals surface area contributed by atoms with Gasteiger partial charge in [0, 0.05) is 0 Å². The van der Waals surface area contributed by atoms with Gasteiger partial charge in [0.15, 0.2) is 15.7 Å². The Morgan fingerprint density at radius 3 is 0.821 bits per heavy atom. The van der Waals surface area contributed by atoms with E-state index in [9.17, 15) is 0 Å². The summed E-state index contributed by atoms with van der Waals surface area (Å²) >= 11 is 0. The highest BCUT2D eigenvalue weighted by atomic mass is 29.7. The van der Waals surface area contributed by atoms with Gasteiger partial charge in [-0.2, -0.15) is 0 Å². The van der Waals surface area contributed by atoms with Gasteiger partial charge in [-0.1, -0.05) is 81.3 Å². The zero-order valence-corrected chi connectivity index (χ0v) is 25.8. The molecule has 0 bridgehead atoms. The largest absolute Gasteiger partial charge is 0.438 e. The molecule has 0 N–H and O–H groups in total. The Morgan fingerprint density at radius 2 is 0.643 bits per heavy atom. The maximum atomic E-state index is 7.69. The number of hydrogen-bond acceptors (Lipinski definition) is 3. The van der Waals surface area contributed by atoms with Crippen molar-refractivity contribution in [2.75, 3.05) is 0 Å². The Balaban J connectivity index is 3.94. The standard InChI is InChI=1S/C20H50O3Si5/c1-11-24(12-2)21-25(13-3,14-4)23-27(17-7,18-8)28(19-9,20-10)26(15-5,16-6)22-24/h11-20H2,1-10H3. The lowest BCUT2D eigenvalue weighted by molar-refractivity contribution is 0.302. The van der Waals surface area contributed by atoms with Gasteiger partial charge in [0.2, 0.25) is 0 Å². The Morgan fingerprint density at radius 1 is 0.357 bits per heavy atom. The Hall–Kier alpha value is 0.964. The molecule has 1 fully saturated rings. The number of hydrogen-bond donors (Lipinski definition) is 0. The van der Waals surface area contributed by atoms with Crippen LogP contribution in [0.4, 0.5) is 0 Å². The van der Waals surface area contributed by atoms with Crippen LogP contribution in [-0.4, -0.2) is 39.9 Å². The van der Waals surface area contributed by atoms with Gasteiger partial charge < -0.3 is 12.3 Å². The zero-order valence-electron chi connectivity index (χ0n) is 20.8. The lowest BCUT2D eigenvalue weighted by Gasteiger charge is -2.62. The SMILES string of the molecule is CC[Si]1(CC)O[Si](CC)(CC)O[Si](CC)(CC)[Si](CC)(CC)[Si](CC)(CC)O1. The zero-order chi connectivity index (χ0) is 21.7. The maximum Gasteiger partial charge on any atom is 0.318 e. The van der Waals surface area contributed by atoms with Crippen molar-refractivity contribution in [1.29, 1.82) is 0 Å². The first-order valence-corrected chi connectivity index (χ1v) is 25.9. The average molecular weight is 479 g/mol. The summed E-state index contributed by atoms with van der Waals surface area (Å²) in [5, 5.41) is 0. The van der Waals surface area contributed by atoms with Crippen molar-refractivity contribution < 1.29 is 12.3 Å². The molecule has 0 aliphatic carbocycles. The molecule has 1 aliphatic heterocycles. The fourth-order valence-electron chi connectivity index (χ4n) is 6.46. The summed E-state index contributed by atoms with van der Waals surface area (Å²) in [6, 6.07) is 12.1. The first kappa shape index (κ1) is 27.0. The van der Waals surface area contributed by atoms with E-state index in [2.05, 4.69) is 69.2 Å². The molecule has 0 spiro atoms. The fraction of sp³-hybridized carbons (Fsp3) is 1.00. The van der Waals surface area contributed by atoms with Crippen molar-refractivity contribution in [3.8, 4) is 0 Å². The molecule has 0 unspecified atom stereocenters. The second kappa shape index (κ2) is 10.5. The molecule has 1 aliphatic rings. The van der Waals surface area contributed by atoms with E-state index in [1.54, 1.807) is 0 Å². The van der Waals surface area contributed by atoms with Gasteiger partial charge in [0.05, 0.1) is 0 Å². The Labute approximate surface area is 181 Å². The van der Waals surface area contributed by atoms with E-state index in [0.717, 1.165) is 24.2 Å². The highest BCUT2D eigenvalue weighted by molar-refractivity contribution is 7.68. The summed E-state index contributed by atoms with van der Waals surface area (Å²) in [5.41, 5.74) is 0. The molecule has 168 valence electrons. The van der Waals surface area contributed by atoms with E-state index in [1.165, 1.54) is 36.3 Å². The third-order valence-corrected chi connectivity index (χ3v) is 61.4. The van der Waals surface area contributed by atoms with Gasteiger partial charge in [0.1, 0.15) is 7.11 Å². The van der Waals surface area contributed by atoms with Crippen molar-refractivity contribution in [2.24, 2.45) is 0 Å². The predicted octanol–water partition coefficient (Wildman–Crippen LogP) is 7.63. The number of rotatable bonds is 10. The lowest BCUT2D eigenvalue weighted by atomic mass is 10.9. The molecule has 0 amide bonds. The van der Waals surface area contributed by atoms with E-state index in [1.807, 2.05) is 0 Å². The fourth-order valence-corrected chi connectivity index (χ4v) is 74.9. The molecule has 28 heavy (non-hydrogen) atoms. The molecule has 8 heteroatoms. The summed E-state index contributed by atoms with van der Waals surface area (Å²) in [4.78, 5) is 0. The topological polar surface area (TPSA) is 27.7 Å². The van der Waals surface area contributed by atoms with Crippen LogP contribution < -0.4 is 0 Å². The quantitative estimate of drug-likeness (QED) is 0.302. The van der Waals surface area contributed by atoms with Crippen LogP contribution in [0.1, 0.15) is 69.2 Å². The highest BCUT2D eigenvalue weighted by Gasteiger charge is 2.70. The normalized spacial score (nSPS) is 25.1. The van der Waals surface area contributed by atoms with E-state index < -0.39 is 39.9 Å². The first-order valence-electron chi connectivity index (χ1n) is 12.3. The van der Waals surface area contributed by atoms with Crippen LogP contribution in [0.15, 0.2) is 0 Å². The van der Waals surface area contributed by atoms with E-state index in [-0.39, 0.29) is 0 Å². The smallest absolute Gasteiger partial charge is 0.318 e. The van der Waals surface area contributed by atoms with E-state index in [0.29, 0.717) is 0 Å². The minimum absolute atomic E-state index is 1.08. The van der Waals surface area contributed by atoms with Crippen molar-refractivity contribution in [3.63, 3.8) is 0 Å². The Kier molecular flexibility index (Phi) is 10.1. The summed E-state index contributed by atoms with van der Waals surface area (Å²) in [5.74, 6) is 0. The van der Waals surface area contributed by atoms with Crippen LogP contribution in [0.5, 0.6) is 0 Å². The third-order valence-electron chi connectivity index (χ3n) is 8.53. The predicted molar refractivity (Wildman–Crippen MR) is 137 cm³/mol. The molecule has 1 saturated heterocycles. The van der Waals surface area contributed by atoms with Gasteiger partial charge in [-0.25, -0.2) is 0 Å². The molecule has 1 rings (SSSR count). The minimum Gasteiger partial charge on any atom is -0.438 e. The summed E-state index contributed by atoms with van der Waals surface area (Å²) in [6.07, 6.45) is 0. The van der Waals surface area contributed by atoms with Crippen LogP contribution >= 0.6 is 0 Å².